The number of benzene rings is 1. The van der Waals surface area contributed by atoms with E-state index >= 15 is 0 Å². The third-order valence-electron chi connectivity index (χ3n) is 4.17. The van der Waals surface area contributed by atoms with Gasteiger partial charge in [-0.15, -0.1) is 0 Å². The van der Waals surface area contributed by atoms with Gasteiger partial charge in [-0.1, -0.05) is 37.3 Å². The maximum Gasteiger partial charge on any atom is 0.278 e. The monoisotopic (exact) mass is 337 g/mol. The second-order valence-electron chi connectivity index (χ2n) is 6.15. The quantitative estimate of drug-likeness (QED) is 0.925. The number of aliphatic imine (C=N–C) groups is 1. The molecule has 0 bridgehead atoms. The first-order valence-electron chi connectivity index (χ1n) is 8.12. The molecule has 3 rings (SSSR count). The Balaban J connectivity index is 2.03. The average molecular weight is 337 g/mol. The van der Waals surface area contributed by atoms with Gasteiger partial charge in [0.25, 0.3) is 17.4 Å². The van der Waals surface area contributed by atoms with Crippen molar-refractivity contribution in [1.82, 2.24) is 9.88 Å². The van der Waals surface area contributed by atoms with Crippen LogP contribution in [-0.2, 0) is 6.54 Å². The molecule has 2 aromatic rings. The molecule has 0 unspecified atom stereocenters. The number of carbonyl (C=O) groups excluding carboxylic acids is 2. The van der Waals surface area contributed by atoms with Gasteiger partial charge in [0.1, 0.15) is 5.56 Å². The highest BCUT2D eigenvalue weighted by atomic mass is 16.2. The predicted molar refractivity (Wildman–Crippen MR) is 95.2 cm³/mol. The number of hydrogen-bond acceptors (Lipinski definition) is 3. The molecule has 1 aromatic heterocycles. The van der Waals surface area contributed by atoms with Crippen molar-refractivity contribution in [3.63, 3.8) is 0 Å². The van der Waals surface area contributed by atoms with Crippen molar-refractivity contribution >= 4 is 17.5 Å². The lowest BCUT2D eigenvalue weighted by molar-refractivity contribution is 0.0961. The number of nitrogens with one attached hydrogen (secondary N) is 1. The zero-order valence-corrected chi connectivity index (χ0v) is 14.2. The van der Waals surface area contributed by atoms with Gasteiger partial charge in [0.15, 0.2) is 0 Å². The summed E-state index contributed by atoms with van der Waals surface area (Å²) < 4.78 is 1.38. The van der Waals surface area contributed by atoms with Gasteiger partial charge in [-0.25, -0.2) is 4.99 Å². The number of rotatable bonds is 4. The molecule has 0 radical (unpaired) electrons. The van der Waals surface area contributed by atoms with Crippen molar-refractivity contribution in [2.24, 2.45) is 10.9 Å². The largest absolute Gasteiger partial charge is 0.355 e. The molecule has 1 heterocycles. The van der Waals surface area contributed by atoms with E-state index in [1.807, 2.05) is 37.3 Å². The Bertz CT molecular complexity index is 913. The fraction of sp³-hybridized carbons (Fsp3) is 0.263. The molecule has 0 saturated heterocycles. The Hall–Kier alpha value is -3.02. The van der Waals surface area contributed by atoms with Crippen molar-refractivity contribution in [3.05, 3.63) is 69.6 Å². The van der Waals surface area contributed by atoms with Crippen molar-refractivity contribution in [3.8, 4) is 0 Å². The van der Waals surface area contributed by atoms with Gasteiger partial charge in [0.2, 0.25) is 0 Å². The van der Waals surface area contributed by atoms with E-state index in [1.54, 1.807) is 0 Å². The van der Waals surface area contributed by atoms with Crippen molar-refractivity contribution in [1.29, 1.82) is 0 Å². The topological polar surface area (TPSA) is 80.5 Å². The van der Waals surface area contributed by atoms with E-state index < -0.39 is 17.4 Å². The lowest BCUT2D eigenvalue weighted by Gasteiger charge is -2.10. The fourth-order valence-corrected chi connectivity index (χ4v) is 2.55. The maximum atomic E-state index is 12.6. The Morgan fingerprint density at radius 1 is 1.28 bits per heavy atom. The molecule has 1 aromatic carbocycles. The summed E-state index contributed by atoms with van der Waals surface area (Å²) in [6.07, 6.45) is 2.29. The minimum absolute atomic E-state index is 0.0617. The van der Waals surface area contributed by atoms with Crippen LogP contribution in [0.5, 0.6) is 0 Å². The average Bonchev–Trinajstić information content (AvgIpc) is 3.31. The summed E-state index contributed by atoms with van der Waals surface area (Å²) in [5.74, 6) is -0.613. The SMILES string of the molecule is CNC(=O)c1cc(C(=O)/N=C2/C[C@H]2C)cn(Cc2ccccc2)c1=O. The van der Waals surface area contributed by atoms with Crippen LogP contribution in [0.3, 0.4) is 0 Å². The minimum atomic E-state index is -0.520. The minimum Gasteiger partial charge on any atom is -0.355 e. The Morgan fingerprint density at radius 2 is 1.96 bits per heavy atom. The van der Waals surface area contributed by atoms with E-state index in [0.717, 1.165) is 17.7 Å². The molecule has 1 saturated carbocycles. The second kappa shape index (κ2) is 6.84. The lowest BCUT2D eigenvalue weighted by atomic mass is 10.1. The predicted octanol–water partition coefficient (Wildman–Crippen LogP) is 1.88. The summed E-state index contributed by atoms with van der Waals surface area (Å²) in [4.78, 5) is 41.1. The highest BCUT2D eigenvalue weighted by molar-refractivity contribution is 6.11. The molecule has 1 fully saturated rings. The number of aromatic nitrogens is 1. The summed E-state index contributed by atoms with van der Waals surface area (Å²) in [6, 6.07) is 10.7. The Morgan fingerprint density at radius 3 is 2.56 bits per heavy atom. The van der Waals surface area contributed by atoms with E-state index in [9.17, 15) is 14.4 Å². The molecular weight excluding hydrogens is 318 g/mol. The summed E-state index contributed by atoms with van der Waals surface area (Å²) in [6.45, 7) is 2.27. The number of hydrogen-bond donors (Lipinski definition) is 1. The van der Waals surface area contributed by atoms with E-state index in [2.05, 4.69) is 10.3 Å². The van der Waals surface area contributed by atoms with E-state index in [4.69, 9.17) is 0 Å². The highest BCUT2D eigenvalue weighted by Gasteiger charge is 2.28. The third kappa shape index (κ3) is 3.74. The molecule has 128 valence electrons. The zero-order valence-electron chi connectivity index (χ0n) is 14.2. The van der Waals surface area contributed by atoms with Crippen LogP contribution in [-0.4, -0.2) is 29.1 Å². The van der Waals surface area contributed by atoms with Crippen LogP contribution in [0.25, 0.3) is 0 Å². The first kappa shape index (κ1) is 16.8. The van der Waals surface area contributed by atoms with Gasteiger partial charge in [-0.2, -0.15) is 0 Å². The van der Waals surface area contributed by atoms with Crippen LogP contribution in [0.4, 0.5) is 0 Å². The molecule has 25 heavy (non-hydrogen) atoms. The van der Waals surface area contributed by atoms with Gasteiger partial charge < -0.3 is 9.88 Å². The molecule has 0 spiro atoms. The molecule has 2 amide bonds. The number of nitrogens with zero attached hydrogens (tertiary/aromatic N) is 2. The first-order chi connectivity index (χ1) is 12.0. The van der Waals surface area contributed by atoms with Crippen molar-refractivity contribution in [2.45, 2.75) is 19.9 Å². The Labute approximate surface area is 145 Å². The molecule has 6 heteroatoms. The zero-order chi connectivity index (χ0) is 18.0. The molecule has 1 N–H and O–H groups in total. The molecule has 1 atom stereocenters. The number of pyridine rings is 1. The third-order valence-corrected chi connectivity index (χ3v) is 4.17. The van der Waals surface area contributed by atoms with Crippen LogP contribution in [0.1, 0.15) is 39.6 Å². The summed E-state index contributed by atoms with van der Waals surface area (Å²) >= 11 is 0. The molecule has 6 nitrogen and oxygen atoms in total. The van der Waals surface area contributed by atoms with Gasteiger partial charge >= 0.3 is 0 Å². The van der Waals surface area contributed by atoms with Crippen LogP contribution in [0.2, 0.25) is 0 Å². The van der Waals surface area contributed by atoms with Crippen LogP contribution >= 0.6 is 0 Å². The van der Waals surface area contributed by atoms with Crippen LogP contribution in [0, 0.1) is 5.92 Å². The van der Waals surface area contributed by atoms with E-state index in [1.165, 1.54) is 23.9 Å². The van der Waals surface area contributed by atoms with Crippen molar-refractivity contribution in [2.75, 3.05) is 7.05 Å². The highest BCUT2D eigenvalue weighted by Crippen LogP contribution is 2.25. The summed E-state index contributed by atoms with van der Waals surface area (Å²) in [5, 5.41) is 2.44. The first-order valence-corrected chi connectivity index (χ1v) is 8.12. The van der Waals surface area contributed by atoms with E-state index in [0.29, 0.717) is 5.92 Å². The molecule has 1 aliphatic carbocycles. The van der Waals surface area contributed by atoms with Gasteiger partial charge in [0, 0.05) is 19.0 Å². The lowest BCUT2D eigenvalue weighted by Crippen LogP contribution is -2.32. The smallest absolute Gasteiger partial charge is 0.278 e. The summed E-state index contributed by atoms with van der Waals surface area (Å²) in [5.41, 5.74) is 1.49. The van der Waals surface area contributed by atoms with Gasteiger partial charge in [-0.05, 0) is 24.0 Å². The molecule has 0 aliphatic heterocycles. The summed E-state index contributed by atoms with van der Waals surface area (Å²) in [7, 11) is 1.45. The van der Waals surface area contributed by atoms with Crippen LogP contribution in [0.15, 0.2) is 52.4 Å². The van der Waals surface area contributed by atoms with Gasteiger partial charge in [-0.3, -0.25) is 14.4 Å². The van der Waals surface area contributed by atoms with E-state index in [-0.39, 0.29) is 17.7 Å². The number of carbonyl (C=O) groups is 2. The second-order valence-corrected chi connectivity index (χ2v) is 6.15. The fourth-order valence-electron chi connectivity index (χ4n) is 2.55. The molecular formula is C19H19N3O3. The molecule has 1 aliphatic rings. The Kier molecular flexibility index (Phi) is 4.61. The normalized spacial score (nSPS) is 17.4. The maximum absolute atomic E-state index is 12.6. The van der Waals surface area contributed by atoms with Crippen molar-refractivity contribution < 1.29 is 9.59 Å². The van der Waals surface area contributed by atoms with Crippen LogP contribution < -0.4 is 10.9 Å². The number of amides is 2. The standard InChI is InChI=1S/C19H19N3O3/c1-12-8-16(12)21-17(23)14-9-15(18(24)20-2)19(25)22(11-14)10-13-6-4-3-5-7-13/h3-7,9,11-12H,8,10H2,1-2H3,(H,20,24)/b21-16-/t12-/m1/s1. The van der Waals surface area contributed by atoms with Gasteiger partial charge in [0.05, 0.1) is 12.1 Å².